The number of phenols is 1. The van der Waals surface area contributed by atoms with E-state index in [1.54, 1.807) is 18.2 Å². The number of benzene rings is 2. The molecule has 1 heterocycles. The fourth-order valence-corrected chi connectivity index (χ4v) is 3.02. The van der Waals surface area contributed by atoms with Crippen molar-refractivity contribution in [2.24, 2.45) is 5.10 Å². The molecule has 0 aliphatic rings. The normalized spacial score (nSPS) is 11.0. The number of pyridine rings is 1. The maximum atomic E-state index is 12.5. The molecule has 0 radical (unpaired) electrons. The zero-order valence-corrected chi connectivity index (χ0v) is 15.7. The van der Waals surface area contributed by atoms with E-state index in [4.69, 9.17) is 4.74 Å². The van der Waals surface area contributed by atoms with Crippen molar-refractivity contribution in [1.29, 1.82) is 0 Å². The van der Waals surface area contributed by atoms with Crippen LogP contribution in [0, 0.1) is 6.92 Å². The van der Waals surface area contributed by atoms with Gasteiger partial charge in [0, 0.05) is 21.1 Å². The molecule has 3 rings (SSSR count). The molecule has 132 valence electrons. The first-order valence-electron chi connectivity index (χ1n) is 7.76. The third-order valence-electron chi connectivity index (χ3n) is 3.75. The van der Waals surface area contributed by atoms with Crippen molar-refractivity contribution < 1.29 is 14.6 Å². The van der Waals surface area contributed by atoms with Crippen LogP contribution in [0.15, 0.2) is 52.0 Å². The number of nitrogens with one attached hydrogen (secondary N) is 1. The lowest BCUT2D eigenvalue weighted by atomic mass is 10.1. The molecule has 0 unspecified atom stereocenters. The average molecular weight is 414 g/mol. The number of aryl methyl sites for hydroxylation is 1. The van der Waals surface area contributed by atoms with E-state index in [0.717, 1.165) is 21.1 Å². The number of carbonyl (C=O) groups is 1. The number of rotatable bonds is 4. The van der Waals surface area contributed by atoms with Crippen LogP contribution in [0.4, 0.5) is 0 Å². The van der Waals surface area contributed by atoms with Gasteiger partial charge in [0.1, 0.15) is 0 Å². The van der Waals surface area contributed by atoms with Gasteiger partial charge in [-0.1, -0.05) is 34.1 Å². The van der Waals surface area contributed by atoms with Crippen molar-refractivity contribution in [2.45, 2.75) is 6.92 Å². The minimum Gasteiger partial charge on any atom is -0.504 e. The molecule has 1 amide bonds. The molecule has 2 N–H and O–H groups in total. The fourth-order valence-electron chi connectivity index (χ4n) is 2.56. The van der Waals surface area contributed by atoms with Gasteiger partial charge in [-0.15, -0.1) is 0 Å². The Morgan fingerprint density at radius 3 is 2.85 bits per heavy atom. The molecule has 3 aromatic rings. The SMILES string of the molecule is COc1cc(Br)cc(/C=N/NC(=O)c2cc(C)nc3ccccc23)c1O. The number of hydrogen-bond acceptors (Lipinski definition) is 5. The Kier molecular flexibility index (Phi) is 5.18. The predicted octanol–water partition coefficient (Wildman–Crippen LogP) is 3.78. The van der Waals surface area contributed by atoms with Gasteiger partial charge in [-0.3, -0.25) is 9.78 Å². The third-order valence-corrected chi connectivity index (χ3v) is 4.21. The fraction of sp³-hybridized carbons (Fsp3) is 0.105. The largest absolute Gasteiger partial charge is 0.504 e. The number of hydrogen-bond donors (Lipinski definition) is 2. The molecule has 0 fully saturated rings. The van der Waals surface area contributed by atoms with Crippen molar-refractivity contribution in [3.63, 3.8) is 0 Å². The number of fused-ring (bicyclic) bond motifs is 1. The molecular formula is C19H16BrN3O3. The van der Waals surface area contributed by atoms with Gasteiger partial charge in [-0.2, -0.15) is 5.10 Å². The van der Waals surface area contributed by atoms with Gasteiger partial charge >= 0.3 is 0 Å². The number of aromatic hydroxyl groups is 1. The maximum Gasteiger partial charge on any atom is 0.272 e. The number of halogens is 1. The Labute approximate surface area is 158 Å². The van der Waals surface area contributed by atoms with Crippen LogP contribution in [-0.4, -0.2) is 29.3 Å². The Balaban J connectivity index is 1.86. The molecule has 7 heteroatoms. The van der Waals surface area contributed by atoms with Crippen LogP contribution >= 0.6 is 15.9 Å². The standard InChI is InChI=1S/C19H16BrN3O3/c1-11-7-15(14-5-3-4-6-16(14)22-11)19(25)23-21-10-12-8-13(20)9-17(26-2)18(12)24/h3-10,24H,1-2H3,(H,23,25)/b21-10+. The lowest BCUT2D eigenvalue weighted by Gasteiger charge is -2.08. The van der Waals surface area contributed by atoms with Crippen LogP contribution in [-0.2, 0) is 0 Å². The molecule has 0 aliphatic heterocycles. The van der Waals surface area contributed by atoms with E-state index in [0.29, 0.717) is 16.9 Å². The minimum atomic E-state index is -0.357. The van der Waals surface area contributed by atoms with Gasteiger partial charge in [-0.25, -0.2) is 5.43 Å². The van der Waals surface area contributed by atoms with Gasteiger partial charge in [-0.05, 0) is 31.2 Å². The number of phenolic OH excluding ortho intramolecular Hbond substituents is 1. The van der Waals surface area contributed by atoms with E-state index in [1.807, 2.05) is 31.2 Å². The Morgan fingerprint density at radius 1 is 1.31 bits per heavy atom. The molecule has 26 heavy (non-hydrogen) atoms. The van der Waals surface area contributed by atoms with Crippen molar-refractivity contribution in [3.05, 3.63) is 63.8 Å². The summed E-state index contributed by atoms with van der Waals surface area (Å²) in [6, 6.07) is 12.4. The van der Waals surface area contributed by atoms with E-state index in [-0.39, 0.29) is 11.7 Å². The molecule has 0 bridgehead atoms. The monoisotopic (exact) mass is 413 g/mol. The van der Waals surface area contributed by atoms with Gasteiger partial charge in [0.2, 0.25) is 0 Å². The number of para-hydroxylation sites is 1. The number of nitrogens with zero attached hydrogens (tertiary/aromatic N) is 2. The van der Waals surface area contributed by atoms with Crippen LogP contribution in [0.3, 0.4) is 0 Å². The summed E-state index contributed by atoms with van der Waals surface area (Å²) in [7, 11) is 1.46. The number of carbonyl (C=O) groups excluding carboxylic acids is 1. The molecule has 2 aromatic carbocycles. The summed E-state index contributed by atoms with van der Waals surface area (Å²) >= 11 is 3.33. The van der Waals surface area contributed by atoms with E-state index < -0.39 is 0 Å². The molecule has 0 spiro atoms. The lowest BCUT2D eigenvalue weighted by Crippen LogP contribution is -2.18. The number of aromatic nitrogens is 1. The zero-order chi connectivity index (χ0) is 18.7. The highest BCUT2D eigenvalue weighted by molar-refractivity contribution is 9.10. The molecular weight excluding hydrogens is 398 g/mol. The lowest BCUT2D eigenvalue weighted by molar-refractivity contribution is 0.0956. The minimum absolute atomic E-state index is 0.0566. The summed E-state index contributed by atoms with van der Waals surface area (Å²) in [5.41, 5.74) is 4.87. The van der Waals surface area contributed by atoms with E-state index in [9.17, 15) is 9.90 Å². The Bertz CT molecular complexity index is 1020. The zero-order valence-electron chi connectivity index (χ0n) is 14.2. The summed E-state index contributed by atoms with van der Waals surface area (Å²) in [6.07, 6.45) is 1.36. The topological polar surface area (TPSA) is 83.8 Å². The maximum absolute atomic E-state index is 12.5. The van der Waals surface area contributed by atoms with Gasteiger partial charge < -0.3 is 9.84 Å². The van der Waals surface area contributed by atoms with E-state index >= 15 is 0 Å². The number of amides is 1. The highest BCUT2D eigenvalue weighted by Crippen LogP contribution is 2.32. The molecule has 0 atom stereocenters. The van der Waals surface area contributed by atoms with E-state index in [1.165, 1.54) is 13.3 Å². The molecule has 0 saturated heterocycles. The Hall–Kier alpha value is -2.93. The second kappa shape index (κ2) is 7.53. The van der Waals surface area contributed by atoms with Crippen LogP contribution in [0.5, 0.6) is 11.5 Å². The van der Waals surface area contributed by atoms with E-state index in [2.05, 4.69) is 31.4 Å². The number of hydrazone groups is 1. The van der Waals surface area contributed by atoms with Gasteiger partial charge in [0.15, 0.2) is 11.5 Å². The molecule has 0 aliphatic carbocycles. The van der Waals surface area contributed by atoms with Crippen LogP contribution in [0.2, 0.25) is 0 Å². The highest BCUT2D eigenvalue weighted by Gasteiger charge is 2.12. The first-order chi connectivity index (χ1) is 12.5. The van der Waals surface area contributed by atoms with Crippen molar-refractivity contribution in [1.82, 2.24) is 10.4 Å². The predicted molar refractivity (Wildman–Crippen MR) is 104 cm³/mol. The highest BCUT2D eigenvalue weighted by atomic mass is 79.9. The molecule has 6 nitrogen and oxygen atoms in total. The number of ether oxygens (including phenoxy) is 1. The van der Waals surface area contributed by atoms with Crippen LogP contribution < -0.4 is 10.2 Å². The summed E-state index contributed by atoms with van der Waals surface area (Å²) in [4.78, 5) is 16.9. The van der Waals surface area contributed by atoms with Crippen molar-refractivity contribution in [3.8, 4) is 11.5 Å². The molecule has 0 saturated carbocycles. The van der Waals surface area contributed by atoms with Crippen molar-refractivity contribution >= 4 is 39.0 Å². The first-order valence-corrected chi connectivity index (χ1v) is 8.55. The van der Waals surface area contributed by atoms with Gasteiger partial charge in [0.05, 0.1) is 24.4 Å². The molecule has 1 aromatic heterocycles. The smallest absolute Gasteiger partial charge is 0.272 e. The summed E-state index contributed by atoms with van der Waals surface area (Å²) in [5.74, 6) is -0.105. The van der Waals surface area contributed by atoms with Crippen LogP contribution in [0.25, 0.3) is 10.9 Å². The second-order valence-electron chi connectivity index (χ2n) is 5.57. The quantitative estimate of drug-likeness (QED) is 0.503. The van der Waals surface area contributed by atoms with Gasteiger partial charge in [0.25, 0.3) is 5.91 Å². The Morgan fingerprint density at radius 2 is 2.08 bits per heavy atom. The average Bonchev–Trinajstić information content (AvgIpc) is 2.63. The summed E-state index contributed by atoms with van der Waals surface area (Å²) < 4.78 is 5.81. The summed E-state index contributed by atoms with van der Waals surface area (Å²) in [5, 5.41) is 14.8. The summed E-state index contributed by atoms with van der Waals surface area (Å²) in [6.45, 7) is 1.83. The second-order valence-corrected chi connectivity index (χ2v) is 6.49. The third kappa shape index (κ3) is 3.67. The number of methoxy groups -OCH3 is 1. The first kappa shape index (κ1) is 17.9. The van der Waals surface area contributed by atoms with Crippen molar-refractivity contribution in [2.75, 3.05) is 7.11 Å². The van der Waals surface area contributed by atoms with Crippen LogP contribution in [0.1, 0.15) is 21.6 Å².